The Kier molecular flexibility index (Phi) is 6.59. The third-order valence-corrected chi connectivity index (χ3v) is 3.72. The third kappa shape index (κ3) is 5.16. The number of carbonyl (C=O) groups is 2. The van der Waals surface area contributed by atoms with Gasteiger partial charge >= 0.3 is 5.97 Å². The molecule has 1 aromatic rings. The lowest BCUT2D eigenvalue weighted by Gasteiger charge is -2.16. The van der Waals surface area contributed by atoms with Crippen LogP contribution in [0.1, 0.15) is 56.5 Å². The van der Waals surface area contributed by atoms with Gasteiger partial charge in [-0.3, -0.25) is 9.59 Å². The molecule has 0 saturated heterocycles. The molecule has 0 bridgehead atoms. The first-order valence-corrected chi connectivity index (χ1v) is 7.64. The Morgan fingerprint density at radius 2 is 1.91 bits per heavy atom. The molecule has 1 amide bonds. The lowest BCUT2D eigenvalue weighted by atomic mass is 9.95. The highest BCUT2D eigenvalue weighted by atomic mass is 16.5. The summed E-state index contributed by atoms with van der Waals surface area (Å²) in [5.74, 6) is -0.575. The number of carboxylic acid groups (broad SMARTS) is 1. The molecule has 6 heteroatoms. The lowest BCUT2D eigenvalue weighted by Crippen LogP contribution is -2.34. The molecule has 0 aliphatic rings. The molecule has 0 aliphatic heterocycles. The maximum atomic E-state index is 12.0. The van der Waals surface area contributed by atoms with Gasteiger partial charge in [0, 0.05) is 18.5 Å². The van der Waals surface area contributed by atoms with Gasteiger partial charge in [0.05, 0.1) is 11.6 Å². The van der Waals surface area contributed by atoms with Gasteiger partial charge in [-0.15, -0.1) is 0 Å². The van der Waals surface area contributed by atoms with E-state index in [9.17, 15) is 9.59 Å². The zero-order valence-electron chi connectivity index (χ0n) is 14.0. The van der Waals surface area contributed by atoms with E-state index in [1.807, 2.05) is 34.6 Å². The minimum atomic E-state index is -0.868. The second kappa shape index (κ2) is 7.96. The minimum absolute atomic E-state index is 0.0142. The number of amides is 1. The first-order chi connectivity index (χ1) is 10.2. The Bertz CT molecular complexity index is 503. The highest BCUT2D eigenvalue weighted by Gasteiger charge is 2.22. The number of hydrogen-bond acceptors (Lipinski definition) is 4. The topological polar surface area (TPSA) is 92.4 Å². The van der Waals surface area contributed by atoms with E-state index in [1.54, 1.807) is 0 Å². The van der Waals surface area contributed by atoms with E-state index in [0.29, 0.717) is 6.42 Å². The SMILES string of the molecule is Cc1noc(C)c1C(C)CC(=O)NCC(CC(C)C)C(=O)O. The van der Waals surface area contributed by atoms with Crippen LogP contribution in [0.25, 0.3) is 0 Å². The van der Waals surface area contributed by atoms with Gasteiger partial charge in [0.1, 0.15) is 5.76 Å². The monoisotopic (exact) mass is 310 g/mol. The predicted octanol–water partition coefficient (Wildman–Crippen LogP) is 2.65. The van der Waals surface area contributed by atoms with E-state index in [0.717, 1.165) is 17.0 Å². The van der Waals surface area contributed by atoms with Crippen LogP contribution in [0.4, 0.5) is 0 Å². The van der Waals surface area contributed by atoms with E-state index >= 15 is 0 Å². The van der Waals surface area contributed by atoms with Crippen LogP contribution in [0, 0.1) is 25.7 Å². The van der Waals surface area contributed by atoms with Gasteiger partial charge in [0.2, 0.25) is 5.91 Å². The number of nitrogens with one attached hydrogen (secondary N) is 1. The average molecular weight is 310 g/mol. The molecule has 0 radical (unpaired) electrons. The molecule has 22 heavy (non-hydrogen) atoms. The fourth-order valence-corrected chi connectivity index (χ4v) is 2.72. The molecule has 124 valence electrons. The molecule has 0 fully saturated rings. The van der Waals surface area contributed by atoms with Gasteiger partial charge in [0.25, 0.3) is 0 Å². The number of aryl methyl sites for hydroxylation is 2. The summed E-state index contributed by atoms with van der Waals surface area (Å²) in [7, 11) is 0. The summed E-state index contributed by atoms with van der Waals surface area (Å²) < 4.78 is 5.11. The summed E-state index contributed by atoms with van der Waals surface area (Å²) >= 11 is 0. The number of carbonyl (C=O) groups excluding carboxylic acids is 1. The van der Waals surface area contributed by atoms with Crippen molar-refractivity contribution in [1.29, 1.82) is 0 Å². The van der Waals surface area contributed by atoms with Crippen LogP contribution in [0.15, 0.2) is 4.52 Å². The molecule has 0 saturated carbocycles. The Labute approximate surface area is 131 Å². The van der Waals surface area contributed by atoms with Crippen LogP contribution < -0.4 is 5.32 Å². The number of aliphatic carboxylic acids is 1. The van der Waals surface area contributed by atoms with Crippen molar-refractivity contribution in [1.82, 2.24) is 10.5 Å². The quantitative estimate of drug-likeness (QED) is 0.770. The maximum Gasteiger partial charge on any atom is 0.308 e. The molecule has 2 atom stereocenters. The summed E-state index contributed by atoms with van der Waals surface area (Å²) in [5.41, 5.74) is 1.74. The highest BCUT2D eigenvalue weighted by Crippen LogP contribution is 2.25. The summed E-state index contributed by atoms with van der Waals surface area (Å²) in [6.45, 7) is 9.72. The van der Waals surface area contributed by atoms with Crippen molar-refractivity contribution in [3.05, 3.63) is 17.0 Å². The van der Waals surface area contributed by atoms with Crippen molar-refractivity contribution < 1.29 is 19.2 Å². The predicted molar refractivity (Wildman–Crippen MR) is 82.6 cm³/mol. The Morgan fingerprint density at radius 1 is 1.27 bits per heavy atom. The second-order valence-electron chi connectivity index (χ2n) is 6.31. The molecule has 2 unspecified atom stereocenters. The van der Waals surface area contributed by atoms with Gasteiger partial charge in [-0.25, -0.2) is 0 Å². The molecule has 0 spiro atoms. The van der Waals surface area contributed by atoms with Crippen LogP contribution in [0.5, 0.6) is 0 Å². The smallest absolute Gasteiger partial charge is 0.308 e. The van der Waals surface area contributed by atoms with Crippen LogP contribution in [-0.2, 0) is 9.59 Å². The fraction of sp³-hybridized carbons (Fsp3) is 0.688. The molecule has 1 heterocycles. The summed E-state index contributed by atoms with van der Waals surface area (Å²) in [6, 6.07) is 0. The van der Waals surface area contributed by atoms with E-state index < -0.39 is 11.9 Å². The maximum absolute atomic E-state index is 12.0. The highest BCUT2D eigenvalue weighted by molar-refractivity contribution is 5.78. The van der Waals surface area contributed by atoms with Gasteiger partial charge in [-0.1, -0.05) is 25.9 Å². The van der Waals surface area contributed by atoms with Crippen LogP contribution >= 0.6 is 0 Å². The van der Waals surface area contributed by atoms with Crippen molar-refractivity contribution in [3.63, 3.8) is 0 Å². The number of rotatable bonds is 8. The first kappa shape index (κ1) is 18.2. The molecular weight excluding hydrogens is 284 g/mol. The normalized spacial score (nSPS) is 13.9. The average Bonchev–Trinajstić information content (AvgIpc) is 2.73. The van der Waals surface area contributed by atoms with Gasteiger partial charge in [-0.2, -0.15) is 0 Å². The van der Waals surface area contributed by atoms with Crippen LogP contribution in [0.2, 0.25) is 0 Å². The van der Waals surface area contributed by atoms with Crippen molar-refractivity contribution in [2.75, 3.05) is 6.54 Å². The van der Waals surface area contributed by atoms with E-state index in [4.69, 9.17) is 9.63 Å². The minimum Gasteiger partial charge on any atom is -0.481 e. The number of hydrogen-bond donors (Lipinski definition) is 2. The molecule has 1 rings (SSSR count). The second-order valence-corrected chi connectivity index (χ2v) is 6.31. The zero-order valence-corrected chi connectivity index (χ0v) is 14.0. The van der Waals surface area contributed by atoms with Gasteiger partial charge in [-0.05, 0) is 32.1 Å². The Balaban J connectivity index is 2.54. The largest absolute Gasteiger partial charge is 0.481 e. The van der Waals surface area contributed by atoms with Gasteiger partial charge in [0.15, 0.2) is 0 Å². The van der Waals surface area contributed by atoms with E-state index in [1.165, 1.54) is 0 Å². The molecule has 6 nitrogen and oxygen atoms in total. The van der Waals surface area contributed by atoms with E-state index in [2.05, 4.69) is 10.5 Å². The Morgan fingerprint density at radius 3 is 2.36 bits per heavy atom. The Hall–Kier alpha value is -1.85. The number of nitrogens with zero attached hydrogens (tertiary/aromatic N) is 1. The number of aromatic nitrogens is 1. The van der Waals surface area contributed by atoms with Crippen LogP contribution in [0.3, 0.4) is 0 Å². The van der Waals surface area contributed by atoms with Crippen molar-refractivity contribution >= 4 is 11.9 Å². The first-order valence-electron chi connectivity index (χ1n) is 7.64. The number of carboxylic acids is 1. The van der Waals surface area contributed by atoms with Crippen LogP contribution in [-0.4, -0.2) is 28.7 Å². The lowest BCUT2D eigenvalue weighted by molar-refractivity contribution is -0.142. The van der Waals surface area contributed by atoms with Gasteiger partial charge < -0.3 is 14.9 Å². The summed E-state index contributed by atoms with van der Waals surface area (Å²) in [6.07, 6.45) is 0.839. The standard InChI is InChI=1S/C16H26N2O4/c1-9(2)6-13(16(20)21)8-17-14(19)7-10(3)15-11(4)18-22-12(15)5/h9-10,13H,6-8H2,1-5H3,(H,17,19)(H,20,21). The van der Waals surface area contributed by atoms with Crippen molar-refractivity contribution in [3.8, 4) is 0 Å². The molecule has 0 aliphatic carbocycles. The molecular formula is C16H26N2O4. The molecule has 1 aromatic heterocycles. The zero-order chi connectivity index (χ0) is 16.9. The molecule has 0 aromatic carbocycles. The van der Waals surface area contributed by atoms with E-state index in [-0.39, 0.29) is 30.7 Å². The fourth-order valence-electron chi connectivity index (χ4n) is 2.72. The summed E-state index contributed by atoms with van der Waals surface area (Å²) in [5, 5.41) is 15.8. The van der Waals surface area contributed by atoms with Crippen molar-refractivity contribution in [2.24, 2.45) is 11.8 Å². The third-order valence-electron chi connectivity index (χ3n) is 3.72. The molecule has 2 N–H and O–H groups in total. The summed E-state index contributed by atoms with van der Waals surface area (Å²) in [4.78, 5) is 23.2. The van der Waals surface area contributed by atoms with Crippen molar-refractivity contribution in [2.45, 2.75) is 53.4 Å².